The van der Waals surface area contributed by atoms with E-state index in [9.17, 15) is 9.90 Å². The van der Waals surface area contributed by atoms with Gasteiger partial charge in [-0.15, -0.1) is 0 Å². The number of hydrogen-bond acceptors (Lipinski definition) is 5. The fraction of sp³-hybridized carbons (Fsp3) is 0.300. The van der Waals surface area contributed by atoms with E-state index in [0.717, 1.165) is 5.56 Å². The third-order valence-corrected chi connectivity index (χ3v) is 4.30. The molecule has 1 aromatic carbocycles. The van der Waals surface area contributed by atoms with Crippen molar-refractivity contribution < 1.29 is 9.90 Å². The van der Waals surface area contributed by atoms with Crippen LogP contribution in [0.4, 0.5) is 5.69 Å². The van der Waals surface area contributed by atoms with Crippen molar-refractivity contribution in [3.63, 3.8) is 0 Å². The number of phenolic OH excluding ortho intramolecular Hbond substituents is 1. The fourth-order valence-corrected chi connectivity index (χ4v) is 2.87. The van der Waals surface area contributed by atoms with Gasteiger partial charge in [0.2, 0.25) is 0 Å². The predicted octanol–water partition coefficient (Wildman–Crippen LogP) is 3.03. The van der Waals surface area contributed by atoms with E-state index in [1.165, 1.54) is 12.1 Å². The van der Waals surface area contributed by atoms with Crippen LogP contribution in [-0.2, 0) is 0 Å². The van der Waals surface area contributed by atoms with Crippen molar-refractivity contribution in [3.8, 4) is 16.9 Å². The summed E-state index contributed by atoms with van der Waals surface area (Å²) in [4.78, 5) is 24.9. The molecule has 0 saturated carbocycles. The predicted molar refractivity (Wildman–Crippen MR) is 104 cm³/mol. The molecule has 0 atom stereocenters. The molecule has 138 valence electrons. The lowest BCUT2D eigenvalue weighted by Gasteiger charge is -2.29. The van der Waals surface area contributed by atoms with Crippen molar-refractivity contribution in [2.45, 2.75) is 20.8 Å². The molecule has 0 fully saturated rings. The Hall–Kier alpha value is -3.40. The summed E-state index contributed by atoms with van der Waals surface area (Å²) in [7, 11) is 0. The SMILES string of the molecule is [C-]#[N+]c1ccc(O)c(C(=O)NC2=NCC(C)(C)CN2)c1-c1cncc(C)c1. The Morgan fingerprint density at radius 3 is 2.78 bits per heavy atom. The largest absolute Gasteiger partial charge is 0.507 e. The van der Waals surface area contributed by atoms with Crippen molar-refractivity contribution in [2.24, 2.45) is 10.4 Å². The third kappa shape index (κ3) is 3.90. The molecular formula is C20H21N5O2. The molecule has 2 heterocycles. The number of phenols is 1. The minimum atomic E-state index is -0.527. The van der Waals surface area contributed by atoms with Crippen molar-refractivity contribution in [1.82, 2.24) is 15.6 Å². The molecule has 0 bridgehead atoms. The zero-order chi connectivity index (χ0) is 19.6. The van der Waals surface area contributed by atoms with E-state index in [1.54, 1.807) is 12.4 Å². The topological polar surface area (TPSA) is 91.0 Å². The van der Waals surface area contributed by atoms with Gasteiger partial charge in [-0.25, -0.2) is 4.85 Å². The normalized spacial score (nSPS) is 15.3. The maximum Gasteiger partial charge on any atom is 0.261 e. The van der Waals surface area contributed by atoms with Gasteiger partial charge in [-0.2, -0.15) is 0 Å². The van der Waals surface area contributed by atoms with Crippen molar-refractivity contribution >= 4 is 17.6 Å². The summed E-state index contributed by atoms with van der Waals surface area (Å²) in [6.07, 6.45) is 3.26. The number of pyridine rings is 1. The first kappa shape index (κ1) is 18.4. The standard InChI is InChI=1S/C20H21N5O2/c1-12-7-13(9-22-8-12)16-14(21-4)5-6-15(26)17(16)18(27)25-19-23-10-20(2,3)11-24-19/h5-9,26H,10-11H2,1-3H3,(H2,23,24,25,27). The van der Waals surface area contributed by atoms with E-state index in [4.69, 9.17) is 6.57 Å². The third-order valence-electron chi connectivity index (χ3n) is 4.30. The number of hydrogen-bond donors (Lipinski definition) is 3. The number of aromatic nitrogens is 1. The average molecular weight is 363 g/mol. The Bertz CT molecular complexity index is 973. The minimum absolute atomic E-state index is 0.0127. The zero-order valence-electron chi connectivity index (χ0n) is 15.5. The molecule has 3 N–H and O–H groups in total. The number of amides is 1. The van der Waals surface area contributed by atoms with E-state index in [0.29, 0.717) is 30.2 Å². The molecule has 7 nitrogen and oxygen atoms in total. The Labute approximate surface area is 158 Å². The summed E-state index contributed by atoms with van der Waals surface area (Å²) < 4.78 is 0. The summed E-state index contributed by atoms with van der Waals surface area (Å²) in [6, 6.07) is 4.68. The van der Waals surface area contributed by atoms with Gasteiger partial charge in [0.15, 0.2) is 11.6 Å². The lowest BCUT2D eigenvalue weighted by Crippen LogP contribution is -2.49. The number of nitrogens with one attached hydrogen (secondary N) is 2. The molecule has 1 aliphatic rings. The highest BCUT2D eigenvalue weighted by Crippen LogP contribution is 2.38. The maximum atomic E-state index is 12.9. The Morgan fingerprint density at radius 1 is 1.37 bits per heavy atom. The van der Waals surface area contributed by atoms with Crippen molar-refractivity contribution in [3.05, 3.63) is 53.1 Å². The van der Waals surface area contributed by atoms with E-state index in [2.05, 4.69) is 39.3 Å². The maximum absolute atomic E-state index is 12.9. The molecule has 1 aromatic heterocycles. The zero-order valence-corrected chi connectivity index (χ0v) is 15.5. The van der Waals surface area contributed by atoms with Crippen LogP contribution in [-0.4, -0.2) is 35.0 Å². The minimum Gasteiger partial charge on any atom is -0.507 e. The summed E-state index contributed by atoms with van der Waals surface area (Å²) in [5.41, 5.74) is 2.16. The first-order valence-corrected chi connectivity index (χ1v) is 8.56. The van der Waals surface area contributed by atoms with Crippen LogP contribution in [0.3, 0.4) is 0 Å². The van der Waals surface area contributed by atoms with Gasteiger partial charge >= 0.3 is 0 Å². The number of carbonyl (C=O) groups is 1. The second-order valence-electron chi connectivity index (χ2n) is 7.35. The summed E-state index contributed by atoms with van der Waals surface area (Å²) >= 11 is 0. The number of carbonyl (C=O) groups excluding carboxylic acids is 1. The monoisotopic (exact) mass is 363 g/mol. The van der Waals surface area contributed by atoms with E-state index in [-0.39, 0.29) is 22.4 Å². The number of aliphatic imine (C=N–C) groups is 1. The number of aryl methyl sites for hydroxylation is 1. The Kier molecular flexibility index (Phi) is 4.82. The number of aromatic hydroxyl groups is 1. The number of benzene rings is 1. The highest BCUT2D eigenvalue weighted by molar-refractivity contribution is 6.12. The summed E-state index contributed by atoms with van der Waals surface area (Å²) in [5.74, 6) is -0.367. The molecule has 1 amide bonds. The molecule has 27 heavy (non-hydrogen) atoms. The van der Waals surface area contributed by atoms with Gasteiger partial charge in [-0.1, -0.05) is 19.9 Å². The molecule has 0 spiro atoms. The highest BCUT2D eigenvalue weighted by Gasteiger charge is 2.26. The second-order valence-corrected chi connectivity index (χ2v) is 7.35. The van der Waals surface area contributed by atoms with Crippen molar-refractivity contribution in [2.75, 3.05) is 13.1 Å². The summed E-state index contributed by atoms with van der Waals surface area (Å²) in [6.45, 7) is 14.7. The summed E-state index contributed by atoms with van der Waals surface area (Å²) in [5, 5.41) is 16.2. The number of nitrogens with zero attached hydrogens (tertiary/aromatic N) is 3. The molecule has 3 rings (SSSR count). The first-order valence-electron chi connectivity index (χ1n) is 8.56. The van der Waals surface area contributed by atoms with Gasteiger partial charge in [-0.3, -0.25) is 20.1 Å². The lowest BCUT2D eigenvalue weighted by molar-refractivity contribution is 0.0972. The van der Waals surface area contributed by atoms with E-state index >= 15 is 0 Å². The van der Waals surface area contributed by atoms with Crippen LogP contribution < -0.4 is 10.6 Å². The molecule has 2 aromatic rings. The van der Waals surface area contributed by atoms with Gasteiger partial charge < -0.3 is 10.4 Å². The highest BCUT2D eigenvalue weighted by atomic mass is 16.3. The molecule has 0 unspecified atom stereocenters. The van der Waals surface area contributed by atoms with E-state index < -0.39 is 5.91 Å². The Balaban J connectivity index is 2.04. The first-order chi connectivity index (χ1) is 12.8. The van der Waals surface area contributed by atoms with Crippen molar-refractivity contribution in [1.29, 1.82) is 0 Å². The molecule has 0 aliphatic carbocycles. The van der Waals surface area contributed by atoms with Crippen LogP contribution in [0.2, 0.25) is 0 Å². The quantitative estimate of drug-likeness (QED) is 0.715. The lowest BCUT2D eigenvalue weighted by atomic mass is 9.93. The van der Waals surface area contributed by atoms with Crippen LogP contribution in [0.1, 0.15) is 29.8 Å². The smallest absolute Gasteiger partial charge is 0.261 e. The van der Waals surface area contributed by atoms with Gasteiger partial charge in [-0.05, 0) is 30.2 Å². The molecular weight excluding hydrogens is 342 g/mol. The van der Waals surface area contributed by atoms with E-state index in [1.807, 2.05) is 13.0 Å². The number of guanidine groups is 1. The van der Waals surface area contributed by atoms with Gasteiger partial charge in [0.25, 0.3) is 5.91 Å². The van der Waals surface area contributed by atoms with Crippen LogP contribution in [0.15, 0.2) is 35.6 Å². The van der Waals surface area contributed by atoms with Crippen LogP contribution in [0.5, 0.6) is 5.75 Å². The van der Waals surface area contributed by atoms with Crippen LogP contribution >= 0.6 is 0 Å². The van der Waals surface area contributed by atoms with Crippen LogP contribution in [0, 0.1) is 18.9 Å². The number of rotatable bonds is 2. The van der Waals surface area contributed by atoms with Crippen LogP contribution in [0.25, 0.3) is 16.0 Å². The molecule has 1 aliphatic heterocycles. The average Bonchev–Trinajstić information content (AvgIpc) is 2.63. The van der Waals surface area contributed by atoms with Gasteiger partial charge in [0.05, 0.1) is 12.1 Å². The van der Waals surface area contributed by atoms with Gasteiger partial charge in [0, 0.05) is 36.5 Å². The fourth-order valence-electron chi connectivity index (χ4n) is 2.87. The molecule has 0 saturated heterocycles. The van der Waals surface area contributed by atoms with Gasteiger partial charge in [0.1, 0.15) is 5.75 Å². The molecule has 0 radical (unpaired) electrons. The Morgan fingerprint density at radius 2 is 2.15 bits per heavy atom. The molecule has 7 heteroatoms. The second kappa shape index (κ2) is 7.08.